The predicted molar refractivity (Wildman–Crippen MR) is 127 cm³/mol. The average molecular weight is 416 g/mol. The zero-order chi connectivity index (χ0) is 21.6. The van der Waals surface area contributed by atoms with Crippen molar-refractivity contribution in [3.63, 3.8) is 0 Å². The molecule has 31 heavy (non-hydrogen) atoms. The fourth-order valence-corrected chi connectivity index (χ4v) is 5.30. The van der Waals surface area contributed by atoms with Crippen LogP contribution in [0.2, 0.25) is 0 Å². The van der Waals surface area contributed by atoms with E-state index >= 15 is 0 Å². The molecule has 0 amide bonds. The zero-order valence-corrected chi connectivity index (χ0v) is 18.3. The molecule has 2 aromatic carbocycles. The number of ether oxygens (including phenoxy) is 1. The summed E-state index contributed by atoms with van der Waals surface area (Å²) >= 11 is 0. The van der Waals surface area contributed by atoms with Crippen molar-refractivity contribution < 1.29 is 14.6 Å². The monoisotopic (exact) mass is 416 g/mol. The number of hydrogen-bond acceptors (Lipinski definition) is 3. The van der Waals surface area contributed by atoms with Crippen molar-refractivity contribution >= 4 is 35.6 Å². The minimum atomic E-state index is -1.03. The average Bonchev–Trinajstić information content (AvgIpc) is 3.13. The number of nitrogens with zero attached hydrogens (tertiary/aromatic N) is 2. The smallest absolute Gasteiger partial charge is 0.320 e. The molecule has 0 radical (unpaired) electrons. The highest BCUT2D eigenvalue weighted by molar-refractivity contribution is 6.26. The number of carboxylic acids is 1. The summed E-state index contributed by atoms with van der Waals surface area (Å²) in [6.07, 6.45) is 5.28. The second kappa shape index (κ2) is 7.76. The van der Waals surface area contributed by atoms with E-state index in [0.717, 1.165) is 40.0 Å². The van der Waals surface area contributed by atoms with Gasteiger partial charge in [0.1, 0.15) is 25.6 Å². The Balaban J connectivity index is 1.51. The van der Waals surface area contributed by atoms with Gasteiger partial charge in [-0.15, -0.1) is 0 Å². The summed E-state index contributed by atoms with van der Waals surface area (Å²) < 4.78 is 8.10. The molecular formula is C25H29BN2O3. The SMILES string of the molecule is BC(CC)(C(=O)O)n1c2ccccc2c2ccc(OC/C=C3\CN4CCC3CC4)cc21. The van der Waals surface area contributed by atoms with Gasteiger partial charge in [0.05, 0.1) is 5.52 Å². The molecule has 1 atom stereocenters. The van der Waals surface area contributed by atoms with Crippen LogP contribution in [-0.2, 0) is 10.2 Å². The van der Waals surface area contributed by atoms with E-state index < -0.39 is 11.4 Å². The van der Waals surface area contributed by atoms with Gasteiger partial charge in [0, 0.05) is 28.9 Å². The van der Waals surface area contributed by atoms with Crippen LogP contribution < -0.4 is 4.74 Å². The van der Waals surface area contributed by atoms with Crippen LogP contribution in [0.4, 0.5) is 0 Å². The van der Waals surface area contributed by atoms with Gasteiger partial charge in [-0.25, -0.2) is 0 Å². The number of carbonyl (C=O) groups is 1. The van der Waals surface area contributed by atoms with Crippen LogP contribution in [0.25, 0.3) is 21.8 Å². The maximum Gasteiger partial charge on any atom is 0.320 e. The fourth-order valence-electron chi connectivity index (χ4n) is 5.30. The molecule has 3 aliphatic rings. The minimum absolute atomic E-state index is 0.491. The topological polar surface area (TPSA) is 54.7 Å². The van der Waals surface area contributed by atoms with Gasteiger partial charge in [-0.3, -0.25) is 9.69 Å². The first-order chi connectivity index (χ1) is 15.0. The molecule has 0 saturated carbocycles. The molecule has 4 heterocycles. The lowest BCUT2D eigenvalue weighted by atomic mass is 9.75. The van der Waals surface area contributed by atoms with E-state index in [0.29, 0.717) is 13.0 Å². The fraction of sp³-hybridized carbons (Fsp3) is 0.400. The Morgan fingerprint density at radius 3 is 2.61 bits per heavy atom. The summed E-state index contributed by atoms with van der Waals surface area (Å²) in [4.78, 5) is 14.8. The van der Waals surface area contributed by atoms with Crippen LogP contribution in [-0.4, -0.2) is 54.6 Å². The summed E-state index contributed by atoms with van der Waals surface area (Å²) in [7, 11) is 1.80. The second-order valence-corrected chi connectivity index (χ2v) is 9.10. The molecule has 6 heteroatoms. The number of rotatable bonds is 6. The normalized spacial score (nSPS) is 24.0. The van der Waals surface area contributed by atoms with Gasteiger partial charge in [-0.1, -0.05) is 30.7 Å². The first kappa shape index (κ1) is 20.2. The molecule has 5 nitrogen and oxygen atoms in total. The number of fused-ring (bicyclic) bond motifs is 6. The molecule has 1 N–H and O–H groups in total. The van der Waals surface area contributed by atoms with E-state index in [-0.39, 0.29) is 0 Å². The van der Waals surface area contributed by atoms with Crippen molar-refractivity contribution in [1.29, 1.82) is 0 Å². The highest BCUT2D eigenvalue weighted by Gasteiger charge is 2.35. The van der Waals surface area contributed by atoms with Gasteiger partial charge in [0.15, 0.2) is 0 Å². The molecule has 6 rings (SSSR count). The van der Waals surface area contributed by atoms with Crippen molar-refractivity contribution in [3.05, 3.63) is 54.1 Å². The summed E-state index contributed by atoms with van der Waals surface area (Å²) in [6.45, 7) is 6.01. The second-order valence-electron chi connectivity index (χ2n) is 9.10. The van der Waals surface area contributed by atoms with E-state index in [9.17, 15) is 9.90 Å². The lowest BCUT2D eigenvalue weighted by molar-refractivity contribution is -0.143. The van der Waals surface area contributed by atoms with E-state index in [1.807, 2.05) is 41.8 Å². The van der Waals surface area contributed by atoms with Crippen LogP contribution in [0.15, 0.2) is 54.1 Å². The first-order valence-corrected chi connectivity index (χ1v) is 11.3. The number of benzene rings is 2. The predicted octanol–water partition coefficient (Wildman–Crippen LogP) is 3.61. The van der Waals surface area contributed by atoms with Gasteiger partial charge >= 0.3 is 5.97 Å². The number of aromatic nitrogens is 1. The van der Waals surface area contributed by atoms with Crippen molar-refractivity contribution in [2.75, 3.05) is 26.2 Å². The summed E-state index contributed by atoms with van der Waals surface area (Å²) in [5, 5.41) is 12.2. The van der Waals surface area contributed by atoms with Crippen molar-refractivity contribution in [1.82, 2.24) is 9.47 Å². The van der Waals surface area contributed by atoms with Gasteiger partial charge in [0.25, 0.3) is 0 Å². The van der Waals surface area contributed by atoms with Crippen LogP contribution in [0.3, 0.4) is 0 Å². The molecule has 160 valence electrons. The Hall–Kier alpha value is -2.73. The standard InChI is InChI=1S/C25H29BN2O3/c1-2-25(26,24(29)30)28-22-6-4-3-5-20(22)21-8-7-19(15-23(21)28)31-14-11-18-16-27-12-9-17(18)10-13-27/h3-8,11,15,17H,2,9-10,12-14,16,26H2,1H3,(H,29,30)/b18-11+. The molecule has 1 unspecified atom stereocenters. The molecule has 3 aliphatic heterocycles. The third-order valence-corrected chi connectivity index (χ3v) is 7.40. The van der Waals surface area contributed by atoms with Crippen LogP contribution in [0.5, 0.6) is 5.75 Å². The Labute approximate surface area is 183 Å². The molecule has 1 aromatic heterocycles. The molecular weight excluding hydrogens is 387 g/mol. The van der Waals surface area contributed by atoms with E-state index in [4.69, 9.17) is 4.74 Å². The highest BCUT2D eigenvalue weighted by atomic mass is 16.5. The van der Waals surface area contributed by atoms with Gasteiger partial charge < -0.3 is 14.4 Å². The molecule has 3 saturated heterocycles. The molecule has 0 aliphatic carbocycles. The lowest BCUT2D eigenvalue weighted by Crippen LogP contribution is -2.43. The lowest BCUT2D eigenvalue weighted by Gasteiger charge is -2.41. The van der Waals surface area contributed by atoms with Crippen molar-refractivity contribution in [3.8, 4) is 5.75 Å². The Kier molecular flexibility index (Phi) is 5.05. The Bertz CT molecular complexity index is 1180. The number of carboxylic acid groups (broad SMARTS) is 1. The number of hydrogen-bond donors (Lipinski definition) is 1. The van der Waals surface area contributed by atoms with Crippen LogP contribution >= 0.6 is 0 Å². The number of aliphatic carboxylic acids is 1. The third-order valence-electron chi connectivity index (χ3n) is 7.40. The number of para-hydroxylation sites is 1. The van der Waals surface area contributed by atoms with Gasteiger partial charge in [-0.05, 0) is 62.5 Å². The summed E-state index contributed by atoms with van der Waals surface area (Å²) in [5.74, 6) is 0.675. The quantitative estimate of drug-likeness (QED) is 0.493. The van der Waals surface area contributed by atoms with Crippen molar-refractivity contribution in [2.45, 2.75) is 31.6 Å². The Morgan fingerprint density at radius 1 is 1.19 bits per heavy atom. The zero-order valence-electron chi connectivity index (χ0n) is 18.3. The van der Waals surface area contributed by atoms with Gasteiger partial charge in [0.2, 0.25) is 0 Å². The largest absolute Gasteiger partial charge is 0.489 e. The van der Waals surface area contributed by atoms with Crippen LogP contribution in [0.1, 0.15) is 26.2 Å². The molecule has 3 fully saturated rings. The molecule has 2 bridgehead atoms. The molecule has 3 aromatic rings. The third kappa shape index (κ3) is 3.34. The first-order valence-electron chi connectivity index (χ1n) is 11.3. The number of piperidine rings is 3. The Morgan fingerprint density at radius 2 is 1.94 bits per heavy atom. The maximum atomic E-state index is 12.3. The van der Waals surface area contributed by atoms with E-state index in [1.165, 1.54) is 31.5 Å². The van der Waals surface area contributed by atoms with E-state index in [1.54, 1.807) is 7.85 Å². The van der Waals surface area contributed by atoms with Crippen LogP contribution in [0, 0.1) is 5.92 Å². The highest BCUT2D eigenvalue weighted by Crippen LogP contribution is 2.37. The minimum Gasteiger partial charge on any atom is -0.489 e. The maximum absolute atomic E-state index is 12.3. The summed E-state index contributed by atoms with van der Waals surface area (Å²) in [6, 6.07) is 14.1. The molecule has 0 spiro atoms. The van der Waals surface area contributed by atoms with Crippen molar-refractivity contribution in [2.24, 2.45) is 5.92 Å². The van der Waals surface area contributed by atoms with E-state index in [2.05, 4.69) is 23.1 Å². The van der Waals surface area contributed by atoms with Gasteiger partial charge in [-0.2, -0.15) is 0 Å². The summed E-state index contributed by atoms with van der Waals surface area (Å²) in [5.41, 5.74) is 2.33.